The van der Waals surface area contributed by atoms with Crippen molar-refractivity contribution < 1.29 is 9.90 Å². The number of aliphatic carboxylic acids is 1. The summed E-state index contributed by atoms with van der Waals surface area (Å²) in [4.78, 5) is 12.4. The van der Waals surface area contributed by atoms with E-state index in [0.717, 1.165) is 30.6 Å². The Kier molecular flexibility index (Phi) is 14.6. The number of carbonyl (C=O) groups is 1. The van der Waals surface area contributed by atoms with E-state index in [1.807, 2.05) is 6.92 Å². The van der Waals surface area contributed by atoms with Gasteiger partial charge in [0, 0.05) is 26.1 Å². The highest BCUT2D eigenvalue weighted by atomic mass is 16.4. The van der Waals surface area contributed by atoms with E-state index in [1.165, 1.54) is 19.6 Å². The van der Waals surface area contributed by atoms with Crippen LogP contribution in [0.2, 0.25) is 0 Å². The van der Waals surface area contributed by atoms with Gasteiger partial charge in [0.15, 0.2) is 0 Å². The molecule has 0 fully saturated rings. The first-order chi connectivity index (χ1) is 9.18. The molecule has 0 aliphatic carbocycles. The lowest BCUT2D eigenvalue weighted by atomic mass is 10.1. The van der Waals surface area contributed by atoms with Gasteiger partial charge in [0.2, 0.25) is 0 Å². The van der Waals surface area contributed by atoms with Crippen molar-refractivity contribution in [1.29, 1.82) is 0 Å². The normalized spacial score (nSPS) is 11.2. The third-order valence-electron chi connectivity index (χ3n) is 2.61. The van der Waals surface area contributed by atoms with Crippen LogP contribution in [-0.4, -0.2) is 35.6 Å². The van der Waals surface area contributed by atoms with Gasteiger partial charge >= 0.3 is 5.97 Å². The summed E-state index contributed by atoms with van der Waals surface area (Å²) >= 11 is 0. The zero-order valence-electron chi connectivity index (χ0n) is 14.8. The Hall–Kier alpha value is -0.570. The van der Waals surface area contributed by atoms with Crippen LogP contribution in [0.3, 0.4) is 0 Å². The maximum atomic E-state index is 9.76. The van der Waals surface area contributed by atoms with Crippen molar-refractivity contribution in [3.8, 4) is 0 Å². The standard InChI is InChI=1S/C12H27N.C5H10O2/c1-10(2)7-13(8-11(3)4)9-12(5)6;1-2-3-4-5(6)7/h10-12H,7-9H2,1-6H3;2-4H2,1H3,(H,6,7). The van der Waals surface area contributed by atoms with Crippen molar-refractivity contribution >= 4 is 5.97 Å². The molecule has 3 nitrogen and oxygen atoms in total. The van der Waals surface area contributed by atoms with Gasteiger partial charge in [-0.1, -0.05) is 54.9 Å². The quantitative estimate of drug-likeness (QED) is 0.678. The lowest BCUT2D eigenvalue weighted by molar-refractivity contribution is -0.137. The number of nitrogens with zero attached hydrogens (tertiary/aromatic N) is 1. The van der Waals surface area contributed by atoms with Gasteiger partial charge in [0.1, 0.15) is 0 Å². The Bertz CT molecular complexity index is 201. The molecule has 0 aromatic heterocycles. The molecule has 0 heterocycles. The maximum Gasteiger partial charge on any atom is 0.303 e. The minimum atomic E-state index is -0.693. The maximum absolute atomic E-state index is 9.76. The summed E-state index contributed by atoms with van der Waals surface area (Å²) in [6.45, 7) is 19.5. The molecule has 0 amide bonds. The van der Waals surface area contributed by atoms with Gasteiger partial charge < -0.3 is 10.0 Å². The molecule has 0 rings (SSSR count). The lowest BCUT2D eigenvalue weighted by Gasteiger charge is -2.27. The van der Waals surface area contributed by atoms with Crippen molar-refractivity contribution in [1.82, 2.24) is 4.90 Å². The van der Waals surface area contributed by atoms with Gasteiger partial charge in [-0.2, -0.15) is 0 Å². The fourth-order valence-electron chi connectivity index (χ4n) is 2.10. The van der Waals surface area contributed by atoms with E-state index in [4.69, 9.17) is 5.11 Å². The van der Waals surface area contributed by atoms with Crippen LogP contribution >= 0.6 is 0 Å². The van der Waals surface area contributed by atoms with Crippen molar-refractivity contribution in [2.75, 3.05) is 19.6 Å². The Balaban J connectivity index is 0. The zero-order chi connectivity index (χ0) is 16.1. The highest BCUT2D eigenvalue weighted by Crippen LogP contribution is 2.06. The third-order valence-corrected chi connectivity index (χ3v) is 2.61. The van der Waals surface area contributed by atoms with E-state index in [-0.39, 0.29) is 0 Å². The second kappa shape index (κ2) is 13.4. The first kappa shape index (κ1) is 21.7. The van der Waals surface area contributed by atoms with Crippen LogP contribution in [0.5, 0.6) is 0 Å². The van der Waals surface area contributed by atoms with Gasteiger partial charge in [-0.3, -0.25) is 4.79 Å². The Morgan fingerprint density at radius 1 is 0.900 bits per heavy atom. The third kappa shape index (κ3) is 19.8. The van der Waals surface area contributed by atoms with Crippen LogP contribution in [-0.2, 0) is 4.79 Å². The average Bonchev–Trinajstić information content (AvgIpc) is 2.24. The van der Waals surface area contributed by atoms with Gasteiger partial charge in [-0.05, 0) is 24.2 Å². The van der Waals surface area contributed by atoms with Crippen molar-refractivity contribution in [2.45, 2.75) is 67.7 Å². The van der Waals surface area contributed by atoms with Gasteiger partial charge in [0.05, 0.1) is 0 Å². The fraction of sp³-hybridized carbons (Fsp3) is 0.941. The summed E-state index contributed by atoms with van der Waals surface area (Å²) in [5.74, 6) is 1.68. The van der Waals surface area contributed by atoms with Crippen LogP contribution in [0.15, 0.2) is 0 Å². The predicted molar refractivity (Wildman–Crippen MR) is 88.1 cm³/mol. The summed E-state index contributed by atoms with van der Waals surface area (Å²) in [7, 11) is 0. The van der Waals surface area contributed by atoms with Gasteiger partial charge in [-0.25, -0.2) is 0 Å². The summed E-state index contributed by atoms with van der Waals surface area (Å²) in [6.07, 6.45) is 2.08. The van der Waals surface area contributed by atoms with Gasteiger partial charge in [0.25, 0.3) is 0 Å². The molecular formula is C17H37NO2. The second-order valence-corrected chi connectivity index (χ2v) is 6.90. The summed E-state index contributed by atoms with van der Waals surface area (Å²) in [5.41, 5.74) is 0. The molecule has 0 aromatic rings. The first-order valence-electron chi connectivity index (χ1n) is 8.13. The van der Waals surface area contributed by atoms with E-state index < -0.39 is 5.97 Å². The van der Waals surface area contributed by atoms with E-state index in [0.29, 0.717) is 6.42 Å². The van der Waals surface area contributed by atoms with E-state index in [1.54, 1.807) is 0 Å². The van der Waals surface area contributed by atoms with Crippen molar-refractivity contribution in [3.05, 3.63) is 0 Å². The zero-order valence-corrected chi connectivity index (χ0v) is 14.8. The van der Waals surface area contributed by atoms with Crippen LogP contribution in [0.4, 0.5) is 0 Å². The molecule has 3 heteroatoms. The molecule has 0 atom stereocenters. The minimum Gasteiger partial charge on any atom is -0.481 e. The van der Waals surface area contributed by atoms with Crippen LogP contribution < -0.4 is 0 Å². The van der Waals surface area contributed by atoms with Crippen LogP contribution in [0, 0.1) is 17.8 Å². The molecule has 0 saturated heterocycles. The number of rotatable bonds is 9. The molecule has 0 saturated carbocycles. The predicted octanol–water partition coefficient (Wildman–Crippen LogP) is 4.52. The molecule has 1 N–H and O–H groups in total. The van der Waals surface area contributed by atoms with Crippen LogP contribution in [0.1, 0.15) is 67.7 Å². The number of carboxylic acid groups (broad SMARTS) is 1. The highest BCUT2D eigenvalue weighted by molar-refractivity contribution is 5.66. The second-order valence-electron chi connectivity index (χ2n) is 6.90. The molecule has 0 aromatic carbocycles. The van der Waals surface area contributed by atoms with E-state index in [9.17, 15) is 4.79 Å². The number of hydrogen-bond donors (Lipinski definition) is 1. The number of unbranched alkanes of at least 4 members (excludes halogenated alkanes) is 1. The first-order valence-corrected chi connectivity index (χ1v) is 8.13. The number of carboxylic acids is 1. The summed E-state index contributed by atoms with van der Waals surface area (Å²) in [5, 5.41) is 8.04. The molecule has 0 aliphatic rings. The highest BCUT2D eigenvalue weighted by Gasteiger charge is 2.10. The van der Waals surface area contributed by atoms with Crippen molar-refractivity contribution in [3.63, 3.8) is 0 Å². The van der Waals surface area contributed by atoms with Crippen molar-refractivity contribution in [2.24, 2.45) is 17.8 Å². The molecule has 0 aliphatic heterocycles. The Morgan fingerprint density at radius 2 is 1.25 bits per heavy atom. The molecule has 0 bridgehead atoms. The lowest BCUT2D eigenvalue weighted by Crippen LogP contribution is -2.34. The Labute approximate surface area is 126 Å². The fourth-order valence-corrected chi connectivity index (χ4v) is 2.10. The van der Waals surface area contributed by atoms with E-state index >= 15 is 0 Å². The molecule has 0 spiro atoms. The molecular weight excluding hydrogens is 250 g/mol. The average molecular weight is 287 g/mol. The minimum absolute atomic E-state index is 0.316. The van der Waals surface area contributed by atoms with Crippen LogP contribution in [0.25, 0.3) is 0 Å². The molecule has 0 radical (unpaired) electrons. The van der Waals surface area contributed by atoms with E-state index in [2.05, 4.69) is 46.4 Å². The SMILES string of the molecule is CC(C)CN(CC(C)C)CC(C)C.CCCCC(=O)O. The number of hydrogen-bond acceptors (Lipinski definition) is 2. The smallest absolute Gasteiger partial charge is 0.303 e. The summed E-state index contributed by atoms with van der Waals surface area (Å²) < 4.78 is 0. The topological polar surface area (TPSA) is 40.5 Å². The molecule has 122 valence electrons. The van der Waals surface area contributed by atoms with Gasteiger partial charge in [-0.15, -0.1) is 0 Å². The monoisotopic (exact) mass is 287 g/mol. The summed E-state index contributed by atoms with van der Waals surface area (Å²) in [6, 6.07) is 0. The Morgan fingerprint density at radius 3 is 1.40 bits per heavy atom. The molecule has 20 heavy (non-hydrogen) atoms. The molecule has 0 unspecified atom stereocenters. The largest absolute Gasteiger partial charge is 0.481 e.